The van der Waals surface area contributed by atoms with Crippen LogP contribution in [0.4, 0.5) is 0 Å². The zero-order chi connectivity index (χ0) is 14.2. The molecule has 7 heteroatoms. The van der Waals surface area contributed by atoms with Gasteiger partial charge >= 0.3 is 0 Å². The number of aryl methyl sites for hydroxylation is 2. The summed E-state index contributed by atoms with van der Waals surface area (Å²) >= 11 is 7.82. The SMILES string of the molecule is Cc1sc2nc(CN(C)CC(N)=O)nc(Cl)c2c1C. The van der Waals surface area contributed by atoms with E-state index in [9.17, 15) is 4.79 Å². The first-order valence-electron chi connectivity index (χ1n) is 5.77. The first-order chi connectivity index (χ1) is 8.88. The van der Waals surface area contributed by atoms with E-state index in [0.717, 1.165) is 15.8 Å². The summed E-state index contributed by atoms with van der Waals surface area (Å²) in [5.74, 6) is 0.222. The van der Waals surface area contributed by atoms with Gasteiger partial charge in [-0.1, -0.05) is 11.6 Å². The smallest absolute Gasteiger partial charge is 0.231 e. The molecule has 0 saturated carbocycles. The Hall–Kier alpha value is -1.24. The number of amides is 1. The van der Waals surface area contributed by atoms with Crippen molar-refractivity contribution in [3.8, 4) is 0 Å². The molecule has 102 valence electrons. The number of hydrogen-bond donors (Lipinski definition) is 1. The molecule has 0 bridgehead atoms. The van der Waals surface area contributed by atoms with Gasteiger partial charge in [0.05, 0.1) is 18.5 Å². The Labute approximate surface area is 120 Å². The van der Waals surface area contributed by atoms with E-state index < -0.39 is 0 Å². The standard InChI is InChI=1S/C12H15ClN4OS/c1-6-7(2)19-12-10(6)11(13)15-9(16-12)5-17(3)4-8(14)18/h4-5H2,1-3H3,(H2,14,18). The average molecular weight is 299 g/mol. The van der Waals surface area contributed by atoms with Gasteiger partial charge in [0.25, 0.3) is 0 Å². The second kappa shape index (κ2) is 5.40. The molecule has 5 nitrogen and oxygen atoms in total. The van der Waals surface area contributed by atoms with Crippen LogP contribution < -0.4 is 5.73 Å². The maximum Gasteiger partial charge on any atom is 0.231 e. The van der Waals surface area contributed by atoms with E-state index in [4.69, 9.17) is 17.3 Å². The minimum absolute atomic E-state index is 0.168. The molecule has 2 aromatic heterocycles. The highest BCUT2D eigenvalue weighted by molar-refractivity contribution is 7.18. The number of fused-ring (bicyclic) bond motifs is 1. The first kappa shape index (κ1) is 14.2. The third kappa shape index (κ3) is 3.02. The van der Waals surface area contributed by atoms with Crippen molar-refractivity contribution in [3.63, 3.8) is 0 Å². The van der Waals surface area contributed by atoms with Gasteiger partial charge in [-0.05, 0) is 26.5 Å². The van der Waals surface area contributed by atoms with Crippen LogP contribution in [-0.2, 0) is 11.3 Å². The van der Waals surface area contributed by atoms with Crippen molar-refractivity contribution >= 4 is 39.1 Å². The van der Waals surface area contributed by atoms with Crippen molar-refractivity contribution in [2.75, 3.05) is 13.6 Å². The second-order valence-corrected chi connectivity index (χ2v) is 6.09. The molecule has 0 aliphatic rings. The average Bonchev–Trinajstić information content (AvgIpc) is 2.53. The molecule has 0 radical (unpaired) electrons. The Balaban J connectivity index is 2.33. The number of thiophene rings is 1. The van der Waals surface area contributed by atoms with E-state index >= 15 is 0 Å². The van der Waals surface area contributed by atoms with Gasteiger partial charge < -0.3 is 5.73 Å². The Morgan fingerprint density at radius 2 is 2.11 bits per heavy atom. The normalized spacial score (nSPS) is 11.4. The van der Waals surface area contributed by atoms with Crippen molar-refractivity contribution in [1.29, 1.82) is 0 Å². The highest BCUT2D eigenvalue weighted by atomic mass is 35.5. The van der Waals surface area contributed by atoms with Crippen LogP contribution in [0.25, 0.3) is 10.2 Å². The number of halogens is 1. The summed E-state index contributed by atoms with van der Waals surface area (Å²) < 4.78 is 0. The highest BCUT2D eigenvalue weighted by Crippen LogP contribution is 2.32. The number of likely N-dealkylation sites (N-methyl/N-ethyl adjacent to an activating group) is 1. The molecular weight excluding hydrogens is 284 g/mol. The lowest BCUT2D eigenvalue weighted by Crippen LogP contribution is -2.30. The van der Waals surface area contributed by atoms with Gasteiger partial charge in [-0.15, -0.1) is 11.3 Å². The van der Waals surface area contributed by atoms with Crippen molar-refractivity contribution < 1.29 is 4.79 Å². The van der Waals surface area contributed by atoms with E-state index in [2.05, 4.69) is 9.97 Å². The third-order valence-corrected chi connectivity index (χ3v) is 4.24. The lowest BCUT2D eigenvalue weighted by Gasteiger charge is -2.13. The summed E-state index contributed by atoms with van der Waals surface area (Å²) in [5, 5.41) is 1.39. The number of carbonyl (C=O) groups excluding carboxylic acids is 1. The van der Waals surface area contributed by atoms with E-state index in [1.165, 1.54) is 4.88 Å². The molecule has 0 saturated heterocycles. The molecule has 0 atom stereocenters. The Bertz CT molecular complexity index is 640. The summed E-state index contributed by atoms with van der Waals surface area (Å²) in [7, 11) is 1.79. The van der Waals surface area contributed by atoms with Crippen molar-refractivity contribution in [2.45, 2.75) is 20.4 Å². The second-order valence-electron chi connectivity index (χ2n) is 4.53. The molecule has 0 aromatic carbocycles. The summed E-state index contributed by atoms with van der Waals surface area (Å²) in [4.78, 5) is 23.5. The van der Waals surface area contributed by atoms with Crippen molar-refractivity contribution in [2.24, 2.45) is 5.73 Å². The molecule has 2 heterocycles. The number of rotatable bonds is 4. The summed E-state index contributed by atoms with van der Waals surface area (Å²) in [5.41, 5.74) is 6.27. The topological polar surface area (TPSA) is 72.1 Å². The van der Waals surface area contributed by atoms with Crippen molar-refractivity contribution in [3.05, 3.63) is 21.4 Å². The molecular formula is C12H15ClN4OS. The third-order valence-electron chi connectivity index (χ3n) is 2.87. The number of aromatic nitrogens is 2. The monoisotopic (exact) mass is 298 g/mol. The Morgan fingerprint density at radius 1 is 1.42 bits per heavy atom. The highest BCUT2D eigenvalue weighted by Gasteiger charge is 2.14. The maximum atomic E-state index is 10.8. The number of primary amides is 1. The van der Waals surface area contributed by atoms with Crippen LogP contribution in [0.2, 0.25) is 5.15 Å². The minimum atomic E-state index is -0.377. The molecule has 19 heavy (non-hydrogen) atoms. The molecule has 2 aromatic rings. The van der Waals surface area contributed by atoms with E-state index in [1.807, 2.05) is 13.8 Å². The molecule has 0 aliphatic carbocycles. The van der Waals surface area contributed by atoms with Crippen molar-refractivity contribution in [1.82, 2.24) is 14.9 Å². The van der Waals surface area contributed by atoms with Crippen LogP contribution >= 0.6 is 22.9 Å². The number of nitrogens with zero attached hydrogens (tertiary/aromatic N) is 3. The number of nitrogens with two attached hydrogens (primary N) is 1. The summed E-state index contributed by atoms with van der Waals surface area (Å²) in [6, 6.07) is 0. The van der Waals surface area contributed by atoms with Crippen LogP contribution in [0, 0.1) is 13.8 Å². The maximum absolute atomic E-state index is 10.8. The van der Waals surface area contributed by atoms with Crippen LogP contribution in [0.15, 0.2) is 0 Å². The van der Waals surface area contributed by atoms with Gasteiger partial charge in [0, 0.05) is 4.88 Å². The molecule has 0 fully saturated rings. The van der Waals surface area contributed by atoms with Crippen LogP contribution in [-0.4, -0.2) is 34.4 Å². The zero-order valence-corrected chi connectivity index (χ0v) is 12.6. The van der Waals surface area contributed by atoms with Crippen LogP contribution in [0.1, 0.15) is 16.3 Å². The molecule has 0 aliphatic heterocycles. The molecule has 2 N–H and O–H groups in total. The van der Waals surface area contributed by atoms with Gasteiger partial charge in [0.2, 0.25) is 5.91 Å². The molecule has 1 amide bonds. The molecule has 2 rings (SSSR count). The van der Waals surface area contributed by atoms with E-state index in [0.29, 0.717) is 17.5 Å². The fourth-order valence-corrected chi connectivity index (χ4v) is 3.31. The number of hydrogen-bond acceptors (Lipinski definition) is 5. The van der Waals surface area contributed by atoms with Crippen LogP contribution in [0.3, 0.4) is 0 Å². The van der Waals surface area contributed by atoms with Gasteiger partial charge in [-0.2, -0.15) is 0 Å². The predicted molar refractivity (Wildman–Crippen MR) is 77.4 cm³/mol. The van der Waals surface area contributed by atoms with Crippen LogP contribution in [0.5, 0.6) is 0 Å². The Morgan fingerprint density at radius 3 is 2.74 bits per heavy atom. The van der Waals surface area contributed by atoms with Gasteiger partial charge in [0.1, 0.15) is 15.8 Å². The lowest BCUT2D eigenvalue weighted by atomic mass is 10.2. The molecule has 0 spiro atoms. The summed E-state index contributed by atoms with van der Waals surface area (Å²) in [6.07, 6.45) is 0. The lowest BCUT2D eigenvalue weighted by molar-refractivity contribution is -0.118. The van der Waals surface area contributed by atoms with Gasteiger partial charge in [-0.3, -0.25) is 9.69 Å². The molecule has 0 unspecified atom stereocenters. The Kier molecular flexibility index (Phi) is 4.03. The number of carbonyl (C=O) groups is 1. The van der Waals surface area contributed by atoms with Gasteiger partial charge in [-0.25, -0.2) is 9.97 Å². The minimum Gasteiger partial charge on any atom is -0.369 e. The zero-order valence-electron chi connectivity index (χ0n) is 11.0. The van der Waals surface area contributed by atoms with E-state index in [-0.39, 0.29) is 12.5 Å². The fourth-order valence-electron chi connectivity index (χ4n) is 1.88. The largest absolute Gasteiger partial charge is 0.369 e. The predicted octanol–water partition coefficient (Wildman–Crippen LogP) is 1.88. The first-order valence-corrected chi connectivity index (χ1v) is 6.97. The fraction of sp³-hybridized carbons (Fsp3) is 0.417. The van der Waals surface area contributed by atoms with Gasteiger partial charge in [0.15, 0.2) is 0 Å². The quantitative estimate of drug-likeness (QED) is 0.875. The summed E-state index contributed by atoms with van der Waals surface area (Å²) in [6.45, 7) is 4.66. The van der Waals surface area contributed by atoms with E-state index in [1.54, 1.807) is 23.3 Å².